The molecule has 0 spiro atoms. The third-order valence-corrected chi connectivity index (χ3v) is 2.77. The molecule has 0 aliphatic carbocycles. The molecule has 0 radical (unpaired) electrons. The van der Waals surface area contributed by atoms with E-state index in [1.807, 2.05) is 6.92 Å². The van der Waals surface area contributed by atoms with Crippen molar-refractivity contribution >= 4 is 27.6 Å². The van der Waals surface area contributed by atoms with Crippen molar-refractivity contribution in [3.63, 3.8) is 0 Å². The van der Waals surface area contributed by atoms with Crippen LogP contribution in [-0.4, -0.2) is 17.1 Å². The van der Waals surface area contributed by atoms with Crippen molar-refractivity contribution in [2.24, 2.45) is 0 Å². The van der Waals surface area contributed by atoms with Crippen LogP contribution in [0, 0.1) is 5.82 Å². The molecule has 1 rings (SSSR count). The van der Waals surface area contributed by atoms with Gasteiger partial charge in [0.05, 0.1) is 4.47 Å². The van der Waals surface area contributed by atoms with Gasteiger partial charge in [0, 0.05) is 18.2 Å². The summed E-state index contributed by atoms with van der Waals surface area (Å²) < 4.78 is 13.6. The van der Waals surface area contributed by atoms with Gasteiger partial charge in [0.15, 0.2) is 0 Å². The Kier molecular flexibility index (Phi) is 4.73. The van der Waals surface area contributed by atoms with E-state index in [1.54, 1.807) is 12.1 Å². The second-order valence-corrected chi connectivity index (χ2v) is 4.46. The summed E-state index contributed by atoms with van der Waals surface area (Å²) >= 11 is 3.06. The number of aliphatic carboxylic acids is 1. The number of anilines is 1. The topological polar surface area (TPSA) is 49.3 Å². The molecule has 0 heterocycles. The zero-order valence-electron chi connectivity index (χ0n) is 8.84. The lowest BCUT2D eigenvalue weighted by Gasteiger charge is -2.14. The van der Waals surface area contributed by atoms with Crippen LogP contribution < -0.4 is 5.32 Å². The van der Waals surface area contributed by atoms with Gasteiger partial charge in [-0.25, -0.2) is 4.39 Å². The van der Waals surface area contributed by atoms with Crippen LogP contribution in [0.2, 0.25) is 0 Å². The van der Waals surface area contributed by atoms with Crippen molar-refractivity contribution in [3.8, 4) is 0 Å². The van der Waals surface area contributed by atoms with Crippen LogP contribution in [-0.2, 0) is 4.79 Å². The Hall–Kier alpha value is -1.10. The highest BCUT2D eigenvalue weighted by molar-refractivity contribution is 9.10. The fourth-order valence-electron chi connectivity index (χ4n) is 1.28. The highest BCUT2D eigenvalue weighted by atomic mass is 79.9. The van der Waals surface area contributed by atoms with Gasteiger partial charge in [-0.3, -0.25) is 4.79 Å². The van der Waals surface area contributed by atoms with Crippen LogP contribution in [0.15, 0.2) is 22.7 Å². The van der Waals surface area contributed by atoms with E-state index in [0.717, 1.165) is 0 Å². The first-order chi connectivity index (χ1) is 7.49. The summed E-state index contributed by atoms with van der Waals surface area (Å²) in [6.07, 6.45) is 0.611. The van der Waals surface area contributed by atoms with Crippen molar-refractivity contribution in [1.29, 1.82) is 0 Å². The van der Waals surface area contributed by atoms with Gasteiger partial charge in [0.1, 0.15) is 5.82 Å². The Morgan fingerprint density at radius 1 is 1.62 bits per heavy atom. The third kappa shape index (κ3) is 4.18. The molecule has 0 aliphatic rings. The molecule has 0 aliphatic heterocycles. The third-order valence-electron chi connectivity index (χ3n) is 2.12. The number of halogens is 2. The summed E-state index contributed by atoms with van der Waals surface area (Å²) in [6.45, 7) is 1.86. The average molecular weight is 290 g/mol. The van der Waals surface area contributed by atoms with E-state index in [4.69, 9.17) is 5.11 Å². The van der Waals surface area contributed by atoms with E-state index >= 15 is 0 Å². The summed E-state index contributed by atoms with van der Waals surface area (Å²) in [4.78, 5) is 10.4. The highest BCUT2D eigenvalue weighted by Crippen LogP contribution is 2.20. The Balaban J connectivity index is 2.52. The Bertz CT molecular complexity index is 384. The molecular formula is C11H13BrFNO2. The van der Waals surface area contributed by atoms with Crippen molar-refractivity contribution in [1.82, 2.24) is 0 Å². The zero-order chi connectivity index (χ0) is 12.1. The molecule has 88 valence electrons. The maximum Gasteiger partial charge on any atom is 0.303 e. The molecule has 3 nitrogen and oxygen atoms in total. The van der Waals surface area contributed by atoms with Gasteiger partial charge in [-0.2, -0.15) is 0 Å². The van der Waals surface area contributed by atoms with Gasteiger partial charge in [-0.1, -0.05) is 0 Å². The molecule has 2 N–H and O–H groups in total. The fraction of sp³-hybridized carbons (Fsp3) is 0.364. The van der Waals surface area contributed by atoms with Gasteiger partial charge >= 0.3 is 5.97 Å². The van der Waals surface area contributed by atoms with Crippen LogP contribution in [0.1, 0.15) is 19.8 Å². The standard InChI is InChI=1S/C11H13BrFNO2/c1-7(2-5-11(15)16)14-8-3-4-9(12)10(13)6-8/h3-4,6-7,14H,2,5H2,1H3,(H,15,16). The molecule has 0 saturated heterocycles. The minimum absolute atomic E-state index is 0.00308. The van der Waals surface area contributed by atoms with E-state index in [-0.39, 0.29) is 18.3 Å². The second kappa shape index (κ2) is 5.84. The fourth-order valence-corrected chi connectivity index (χ4v) is 1.53. The van der Waals surface area contributed by atoms with E-state index in [1.165, 1.54) is 6.07 Å². The van der Waals surface area contributed by atoms with Crippen molar-refractivity contribution in [3.05, 3.63) is 28.5 Å². The SMILES string of the molecule is CC(CCC(=O)O)Nc1ccc(Br)c(F)c1. The van der Waals surface area contributed by atoms with Crippen molar-refractivity contribution in [2.75, 3.05) is 5.32 Å². The summed E-state index contributed by atoms with van der Waals surface area (Å²) in [5.74, 6) is -1.16. The predicted octanol–water partition coefficient (Wildman–Crippen LogP) is 3.25. The molecule has 1 atom stereocenters. The lowest BCUT2D eigenvalue weighted by atomic mass is 10.1. The molecule has 1 unspecified atom stereocenters. The summed E-state index contributed by atoms with van der Waals surface area (Å²) in [7, 11) is 0. The first-order valence-corrected chi connectivity index (χ1v) is 5.71. The minimum Gasteiger partial charge on any atom is -0.481 e. The molecule has 0 fully saturated rings. The molecule has 0 amide bonds. The molecule has 0 bridgehead atoms. The summed E-state index contributed by atoms with van der Waals surface area (Å²) in [5, 5.41) is 11.6. The number of rotatable bonds is 5. The predicted molar refractivity (Wildman–Crippen MR) is 64.1 cm³/mol. The number of carbonyl (C=O) groups is 1. The van der Waals surface area contributed by atoms with Crippen LogP contribution in [0.5, 0.6) is 0 Å². The maximum absolute atomic E-state index is 13.2. The largest absolute Gasteiger partial charge is 0.481 e. The normalized spacial score (nSPS) is 12.2. The lowest BCUT2D eigenvalue weighted by Crippen LogP contribution is -2.16. The van der Waals surface area contributed by atoms with E-state index < -0.39 is 5.97 Å². The molecule has 1 aromatic rings. The van der Waals surface area contributed by atoms with Gasteiger partial charge < -0.3 is 10.4 Å². The maximum atomic E-state index is 13.2. The monoisotopic (exact) mass is 289 g/mol. The Morgan fingerprint density at radius 2 is 2.31 bits per heavy atom. The number of carboxylic acids is 1. The van der Waals surface area contributed by atoms with Gasteiger partial charge in [0.2, 0.25) is 0 Å². The molecule has 0 aromatic heterocycles. The summed E-state index contributed by atoms with van der Waals surface area (Å²) in [6, 6.07) is 4.73. The molecule has 5 heteroatoms. The molecular weight excluding hydrogens is 277 g/mol. The van der Waals surface area contributed by atoms with Crippen LogP contribution in [0.3, 0.4) is 0 Å². The Labute approximate surface area is 102 Å². The molecule has 0 saturated carbocycles. The van der Waals surface area contributed by atoms with Gasteiger partial charge in [-0.05, 0) is 47.5 Å². The zero-order valence-corrected chi connectivity index (χ0v) is 10.4. The quantitative estimate of drug-likeness (QED) is 0.875. The van der Waals surface area contributed by atoms with E-state index in [9.17, 15) is 9.18 Å². The highest BCUT2D eigenvalue weighted by Gasteiger charge is 2.06. The number of hydrogen-bond acceptors (Lipinski definition) is 2. The van der Waals surface area contributed by atoms with E-state index in [0.29, 0.717) is 16.6 Å². The first-order valence-electron chi connectivity index (χ1n) is 4.92. The smallest absolute Gasteiger partial charge is 0.303 e. The van der Waals surface area contributed by atoms with Crippen LogP contribution in [0.4, 0.5) is 10.1 Å². The number of carboxylic acid groups (broad SMARTS) is 1. The summed E-state index contributed by atoms with van der Waals surface area (Å²) in [5.41, 5.74) is 0.651. The first kappa shape index (κ1) is 13.0. The van der Waals surface area contributed by atoms with Crippen LogP contribution >= 0.6 is 15.9 Å². The lowest BCUT2D eigenvalue weighted by molar-refractivity contribution is -0.137. The number of benzene rings is 1. The minimum atomic E-state index is -0.823. The molecule has 16 heavy (non-hydrogen) atoms. The van der Waals surface area contributed by atoms with Crippen LogP contribution in [0.25, 0.3) is 0 Å². The van der Waals surface area contributed by atoms with Gasteiger partial charge in [-0.15, -0.1) is 0 Å². The van der Waals surface area contributed by atoms with Crippen molar-refractivity contribution in [2.45, 2.75) is 25.8 Å². The van der Waals surface area contributed by atoms with Crippen molar-refractivity contribution < 1.29 is 14.3 Å². The number of nitrogens with one attached hydrogen (secondary N) is 1. The second-order valence-electron chi connectivity index (χ2n) is 3.61. The average Bonchev–Trinajstić information content (AvgIpc) is 2.21. The number of hydrogen-bond donors (Lipinski definition) is 2. The Morgan fingerprint density at radius 3 is 2.88 bits per heavy atom. The van der Waals surface area contributed by atoms with E-state index in [2.05, 4.69) is 21.2 Å². The van der Waals surface area contributed by atoms with Gasteiger partial charge in [0.25, 0.3) is 0 Å². The molecule has 1 aromatic carbocycles.